The molecule has 222 valence electrons. The lowest BCUT2D eigenvalue weighted by atomic mass is 9.86. The zero-order valence-corrected chi connectivity index (χ0v) is 25.2. The summed E-state index contributed by atoms with van der Waals surface area (Å²) in [5.41, 5.74) is 1.54. The van der Waals surface area contributed by atoms with E-state index in [4.69, 9.17) is 0 Å². The van der Waals surface area contributed by atoms with Crippen molar-refractivity contribution >= 4 is 0 Å². The molecule has 0 spiro atoms. The average molecular weight is 548 g/mol. The zero-order chi connectivity index (χ0) is 27.0. The maximum absolute atomic E-state index is 11.1. The molecule has 0 amide bonds. The Hall–Kier alpha value is -0.940. The van der Waals surface area contributed by atoms with Crippen molar-refractivity contribution < 1.29 is 5.11 Å². The minimum Gasteiger partial charge on any atom is -0.396 e. The van der Waals surface area contributed by atoms with Crippen LogP contribution < -0.4 is 5.32 Å². The van der Waals surface area contributed by atoms with E-state index >= 15 is 0 Å². The maximum atomic E-state index is 11.1. The van der Waals surface area contributed by atoms with Crippen LogP contribution in [0.2, 0.25) is 0 Å². The highest BCUT2D eigenvalue weighted by Crippen LogP contribution is 2.73. The minimum absolute atomic E-state index is 0.0569. The number of nitrogens with one attached hydrogen (secondary N) is 1. The number of aliphatic hydroxyl groups is 1. The number of fused-ring (bicyclic) bond motifs is 1. The van der Waals surface area contributed by atoms with Gasteiger partial charge in [-0.25, -0.2) is 0 Å². The van der Waals surface area contributed by atoms with Gasteiger partial charge in [0.2, 0.25) is 0 Å². The molecule has 1 aromatic carbocycles. The SMILES string of the molecule is OC[C@@H](Cc1ccccc1)C12NC1(N(C1CCCCC1)C1CCCCC1)C2N(C1CCCCC1)C1CCCCC1. The van der Waals surface area contributed by atoms with Crippen molar-refractivity contribution in [2.45, 2.75) is 176 Å². The molecule has 6 fully saturated rings. The highest BCUT2D eigenvalue weighted by atomic mass is 16.3. The third kappa shape index (κ3) is 4.81. The van der Waals surface area contributed by atoms with Gasteiger partial charge < -0.3 is 5.11 Å². The monoisotopic (exact) mass is 547 g/mol. The van der Waals surface area contributed by atoms with Gasteiger partial charge in [-0.15, -0.1) is 0 Å². The molecule has 4 heteroatoms. The molecular weight excluding hydrogens is 490 g/mol. The standard InChI is InChI=1S/C36H57N3O/c40-27-29(26-28-16-6-1-7-17-28)35-34(38(30-18-8-2-9-19-30)31-20-10-3-11-21-31)36(35,37-35)39(32-22-12-4-13-23-32)33-24-14-5-15-25-33/h1,6-7,16-17,29-34,37,40H,2-5,8-15,18-27H2/t29-,34?,35?,36?/m1/s1. The Balaban J connectivity index is 1.28. The first-order chi connectivity index (χ1) is 19.8. The normalized spacial score (nSPS) is 35.1. The molecule has 4 atom stereocenters. The molecule has 5 aliphatic carbocycles. The van der Waals surface area contributed by atoms with E-state index in [1.807, 2.05) is 0 Å². The van der Waals surface area contributed by atoms with Crippen LogP contribution in [0.4, 0.5) is 0 Å². The molecule has 0 radical (unpaired) electrons. The second-order valence-corrected chi connectivity index (χ2v) is 14.8. The molecule has 0 bridgehead atoms. The Bertz CT molecular complexity index is 910. The second-order valence-electron chi connectivity index (χ2n) is 14.8. The summed E-state index contributed by atoms with van der Waals surface area (Å²) in [5, 5.41) is 15.5. The lowest BCUT2D eigenvalue weighted by molar-refractivity contribution is -0.0145. The topological polar surface area (TPSA) is 48.7 Å². The highest BCUT2D eigenvalue weighted by molar-refractivity contribution is 5.55. The Morgan fingerprint density at radius 1 is 0.650 bits per heavy atom. The first-order valence-electron chi connectivity index (χ1n) is 17.8. The smallest absolute Gasteiger partial charge is 0.111 e. The van der Waals surface area contributed by atoms with Crippen LogP contribution >= 0.6 is 0 Å². The van der Waals surface area contributed by atoms with Gasteiger partial charge in [0.25, 0.3) is 0 Å². The van der Waals surface area contributed by atoms with Gasteiger partial charge in [-0.3, -0.25) is 15.1 Å². The van der Waals surface area contributed by atoms with E-state index in [1.165, 1.54) is 134 Å². The summed E-state index contributed by atoms with van der Waals surface area (Å²) in [6, 6.07) is 14.6. The number of benzene rings is 1. The van der Waals surface area contributed by atoms with Crippen LogP contribution in [0, 0.1) is 5.92 Å². The molecule has 4 nitrogen and oxygen atoms in total. The largest absolute Gasteiger partial charge is 0.396 e. The first kappa shape index (κ1) is 27.9. The summed E-state index contributed by atoms with van der Waals surface area (Å²) < 4.78 is 0. The van der Waals surface area contributed by atoms with Gasteiger partial charge in [-0.2, -0.15) is 0 Å². The maximum Gasteiger partial charge on any atom is 0.111 e. The predicted molar refractivity (Wildman–Crippen MR) is 164 cm³/mol. The van der Waals surface area contributed by atoms with Gasteiger partial charge in [0.1, 0.15) is 5.66 Å². The van der Waals surface area contributed by atoms with Crippen LogP contribution in [0.15, 0.2) is 30.3 Å². The molecule has 1 heterocycles. The molecule has 6 aliphatic rings. The molecule has 5 saturated carbocycles. The van der Waals surface area contributed by atoms with Crippen LogP contribution in [-0.4, -0.2) is 62.9 Å². The van der Waals surface area contributed by atoms with E-state index in [9.17, 15) is 5.11 Å². The van der Waals surface area contributed by atoms with E-state index in [0.717, 1.165) is 30.6 Å². The molecule has 40 heavy (non-hydrogen) atoms. The van der Waals surface area contributed by atoms with E-state index < -0.39 is 0 Å². The molecule has 3 unspecified atom stereocenters. The number of aliphatic hydroxyl groups excluding tert-OH is 1. The van der Waals surface area contributed by atoms with Crippen molar-refractivity contribution in [3.05, 3.63) is 35.9 Å². The summed E-state index contributed by atoms with van der Waals surface area (Å²) >= 11 is 0. The number of nitrogens with zero attached hydrogens (tertiary/aromatic N) is 2. The summed E-state index contributed by atoms with van der Waals surface area (Å²) in [6.07, 6.45) is 29.1. The van der Waals surface area contributed by atoms with Crippen LogP contribution in [0.5, 0.6) is 0 Å². The highest BCUT2D eigenvalue weighted by Gasteiger charge is 2.97. The van der Waals surface area contributed by atoms with Crippen LogP contribution in [0.25, 0.3) is 0 Å². The lowest BCUT2D eigenvalue weighted by Crippen LogP contribution is -2.61. The van der Waals surface area contributed by atoms with Crippen molar-refractivity contribution in [2.24, 2.45) is 5.92 Å². The fourth-order valence-corrected chi connectivity index (χ4v) is 10.6. The fraction of sp³-hybridized carbons (Fsp3) is 0.833. The van der Waals surface area contributed by atoms with Crippen molar-refractivity contribution in [2.75, 3.05) is 6.61 Å². The zero-order valence-electron chi connectivity index (χ0n) is 25.2. The molecule has 0 aromatic heterocycles. The number of rotatable bonds is 10. The van der Waals surface area contributed by atoms with Gasteiger partial charge in [0.15, 0.2) is 0 Å². The van der Waals surface area contributed by atoms with Crippen LogP contribution in [-0.2, 0) is 6.42 Å². The summed E-state index contributed by atoms with van der Waals surface area (Å²) in [7, 11) is 0. The Labute approximate surface area is 244 Å². The first-order valence-corrected chi connectivity index (χ1v) is 17.8. The quantitative estimate of drug-likeness (QED) is 0.304. The second kappa shape index (κ2) is 12.0. The molecule has 1 aromatic rings. The van der Waals surface area contributed by atoms with Gasteiger partial charge in [-0.1, -0.05) is 107 Å². The van der Waals surface area contributed by atoms with E-state index in [1.54, 1.807) is 0 Å². The van der Waals surface area contributed by atoms with Crippen molar-refractivity contribution in [1.29, 1.82) is 0 Å². The third-order valence-electron chi connectivity index (χ3n) is 12.5. The van der Waals surface area contributed by atoms with Crippen molar-refractivity contribution in [1.82, 2.24) is 15.1 Å². The van der Waals surface area contributed by atoms with Gasteiger partial charge in [-0.05, 0) is 63.4 Å². The molecule has 1 saturated heterocycles. The minimum atomic E-state index is 0.0569. The van der Waals surface area contributed by atoms with Crippen molar-refractivity contribution in [3.63, 3.8) is 0 Å². The Morgan fingerprint density at radius 3 is 1.55 bits per heavy atom. The molecule has 2 N–H and O–H groups in total. The lowest BCUT2D eigenvalue weighted by Gasteiger charge is -2.49. The van der Waals surface area contributed by atoms with Gasteiger partial charge >= 0.3 is 0 Å². The van der Waals surface area contributed by atoms with Crippen LogP contribution in [0.1, 0.15) is 134 Å². The van der Waals surface area contributed by atoms with Gasteiger partial charge in [0.05, 0.1) is 11.6 Å². The van der Waals surface area contributed by atoms with Gasteiger partial charge in [0, 0.05) is 36.7 Å². The average Bonchev–Trinajstić information content (AvgIpc) is 3.87. The molecular formula is C36H57N3O. The number of hydrogen-bond donors (Lipinski definition) is 2. The van der Waals surface area contributed by atoms with Crippen LogP contribution in [0.3, 0.4) is 0 Å². The predicted octanol–water partition coefficient (Wildman–Crippen LogP) is 7.19. The Kier molecular flexibility index (Phi) is 8.35. The fourth-order valence-electron chi connectivity index (χ4n) is 10.6. The molecule has 1 aliphatic heterocycles. The Morgan fingerprint density at radius 2 is 1.10 bits per heavy atom. The molecule has 7 rings (SSSR count). The summed E-state index contributed by atoms with van der Waals surface area (Å²) in [5.74, 6) is 0.282. The summed E-state index contributed by atoms with van der Waals surface area (Å²) in [6.45, 7) is 0.298. The third-order valence-corrected chi connectivity index (χ3v) is 12.5. The van der Waals surface area contributed by atoms with Crippen molar-refractivity contribution in [3.8, 4) is 0 Å². The van der Waals surface area contributed by atoms with E-state index in [2.05, 4.69) is 45.4 Å². The number of hydrogen-bond acceptors (Lipinski definition) is 4. The summed E-state index contributed by atoms with van der Waals surface area (Å²) in [4.78, 5) is 6.32. The van der Waals surface area contributed by atoms with E-state index in [0.29, 0.717) is 12.6 Å². The van der Waals surface area contributed by atoms with E-state index in [-0.39, 0.29) is 17.1 Å².